The van der Waals surface area contributed by atoms with E-state index in [-0.39, 0.29) is 11.3 Å². The number of para-hydroxylation sites is 1. The first kappa shape index (κ1) is 19.4. The van der Waals surface area contributed by atoms with Crippen LogP contribution in [0.15, 0.2) is 78.1 Å². The number of fused-ring (bicyclic) bond motifs is 1. The number of aldehydes is 1. The van der Waals surface area contributed by atoms with Crippen molar-refractivity contribution in [3.63, 3.8) is 0 Å². The molecule has 1 aromatic heterocycles. The second kappa shape index (κ2) is 8.19. The molecule has 0 fully saturated rings. The lowest BCUT2D eigenvalue weighted by Crippen LogP contribution is -2.25. The fraction of sp³-hybridized carbons (Fsp3) is 0.167. The van der Waals surface area contributed by atoms with Gasteiger partial charge in [-0.25, -0.2) is 4.98 Å². The van der Waals surface area contributed by atoms with Gasteiger partial charge in [0.1, 0.15) is 5.76 Å². The SMILES string of the molecule is Cc1c(COC2C=C(O)C(C=O)=CC2Cl)cccc1-c1ccc2ccccc2n1. The van der Waals surface area contributed by atoms with Crippen molar-refractivity contribution >= 4 is 28.8 Å². The average Bonchev–Trinajstić information content (AvgIpc) is 2.74. The fourth-order valence-corrected chi connectivity index (χ4v) is 3.74. The Balaban J connectivity index is 1.57. The summed E-state index contributed by atoms with van der Waals surface area (Å²) in [5, 5.41) is 10.5. The quantitative estimate of drug-likeness (QED) is 0.463. The molecule has 2 atom stereocenters. The Bertz CT molecular complexity index is 1140. The van der Waals surface area contributed by atoms with Crippen molar-refractivity contribution in [2.24, 2.45) is 0 Å². The zero-order valence-electron chi connectivity index (χ0n) is 15.9. The molecule has 1 aliphatic carbocycles. The van der Waals surface area contributed by atoms with Gasteiger partial charge in [0.2, 0.25) is 0 Å². The molecular formula is C24H20ClNO3. The number of aliphatic hydroxyl groups is 1. The molecule has 4 nitrogen and oxygen atoms in total. The van der Waals surface area contributed by atoms with Gasteiger partial charge in [-0.15, -0.1) is 11.6 Å². The molecule has 1 aliphatic rings. The van der Waals surface area contributed by atoms with E-state index in [9.17, 15) is 9.90 Å². The van der Waals surface area contributed by atoms with E-state index < -0.39 is 11.5 Å². The summed E-state index contributed by atoms with van der Waals surface area (Å²) in [4.78, 5) is 15.7. The number of halogens is 1. The molecule has 2 unspecified atom stereocenters. The van der Waals surface area contributed by atoms with Crippen molar-refractivity contribution in [1.29, 1.82) is 0 Å². The molecule has 0 saturated heterocycles. The number of nitrogens with zero attached hydrogens (tertiary/aromatic N) is 1. The van der Waals surface area contributed by atoms with Gasteiger partial charge in [0.25, 0.3) is 0 Å². The third-order valence-corrected chi connectivity index (χ3v) is 5.52. The van der Waals surface area contributed by atoms with Gasteiger partial charge in [0.15, 0.2) is 6.29 Å². The number of benzene rings is 2. The normalized spacial score (nSPS) is 19.0. The van der Waals surface area contributed by atoms with Gasteiger partial charge in [-0.1, -0.05) is 42.5 Å². The Hall–Kier alpha value is -2.95. The van der Waals surface area contributed by atoms with E-state index in [1.54, 1.807) is 0 Å². The van der Waals surface area contributed by atoms with E-state index in [1.807, 2.05) is 55.5 Å². The molecule has 0 aliphatic heterocycles. The van der Waals surface area contributed by atoms with Crippen LogP contribution in [0.1, 0.15) is 11.1 Å². The summed E-state index contributed by atoms with van der Waals surface area (Å²) in [6.07, 6.45) is 3.06. The lowest BCUT2D eigenvalue weighted by Gasteiger charge is -2.22. The maximum atomic E-state index is 10.9. The van der Waals surface area contributed by atoms with Crippen molar-refractivity contribution in [3.8, 4) is 11.3 Å². The molecule has 2 aromatic carbocycles. The first-order chi connectivity index (χ1) is 14.1. The standard InChI is InChI=1S/C24H20ClNO3/c1-15-17(14-29-24-12-23(28)18(13-27)11-20(24)25)6-4-7-19(15)22-10-9-16-5-2-3-8-21(16)26-22/h2-13,20,24,28H,14H2,1H3. The van der Waals surface area contributed by atoms with Gasteiger partial charge in [0, 0.05) is 10.9 Å². The third kappa shape index (κ3) is 3.95. The van der Waals surface area contributed by atoms with Crippen LogP contribution in [0.3, 0.4) is 0 Å². The molecule has 0 radical (unpaired) electrons. The molecule has 0 saturated carbocycles. The zero-order valence-corrected chi connectivity index (χ0v) is 16.6. The van der Waals surface area contributed by atoms with Crippen LogP contribution in [0.25, 0.3) is 22.2 Å². The number of carbonyl (C=O) groups is 1. The minimum Gasteiger partial charge on any atom is -0.507 e. The predicted molar refractivity (Wildman–Crippen MR) is 115 cm³/mol. The Morgan fingerprint density at radius 1 is 1.10 bits per heavy atom. The number of hydrogen-bond donors (Lipinski definition) is 1. The monoisotopic (exact) mass is 405 g/mol. The van der Waals surface area contributed by atoms with Gasteiger partial charge in [0.05, 0.1) is 34.9 Å². The highest BCUT2D eigenvalue weighted by Crippen LogP contribution is 2.28. The Morgan fingerprint density at radius 3 is 2.76 bits per heavy atom. The summed E-state index contributed by atoms with van der Waals surface area (Å²) >= 11 is 6.28. The summed E-state index contributed by atoms with van der Waals surface area (Å²) in [6, 6.07) is 18.2. The number of ether oxygens (including phenoxy) is 1. The molecule has 1 heterocycles. The Morgan fingerprint density at radius 2 is 1.93 bits per heavy atom. The van der Waals surface area contributed by atoms with Gasteiger partial charge in [-0.3, -0.25) is 4.79 Å². The fourth-order valence-electron chi connectivity index (χ4n) is 3.45. The average molecular weight is 406 g/mol. The zero-order chi connectivity index (χ0) is 20.4. The van der Waals surface area contributed by atoms with Gasteiger partial charge >= 0.3 is 0 Å². The molecule has 146 valence electrons. The summed E-state index contributed by atoms with van der Waals surface area (Å²) in [7, 11) is 0. The minimum atomic E-state index is -0.517. The highest BCUT2D eigenvalue weighted by Gasteiger charge is 2.24. The van der Waals surface area contributed by atoms with Gasteiger partial charge < -0.3 is 9.84 Å². The lowest BCUT2D eigenvalue weighted by molar-refractivity contribution is -0.105. The molecular weight excluding hydrogens is 386 g/mol. The van der Waals surface area contributed by atoms with Crippen molar-refractivity contribution in [2.45, 2.75) is 25.0 Å². The van der Waals surface area contributed by atoms with Gasteiger partial charge in [-0.2, -0.15) is 0 Å². The highest BCUT2D eigenvalue weighted by atomic mass is 35.5. The Labute approximate surface area is 174 Å². The largest absolute Gasteiger partial charge is 0.507 e. The van der Waals surface area contributed by atoms with Crippen LogP contribution in [0.2, 0.25) is 0 Å². The molecule has 4 rings (SSSR count). The van der Waals surface area contributed by atoms with Crippen LogP contribution in [0.5, 0.6) is 0 Å². The van der Waals surface area contributed by atoms with Crippen LogP contribution >= 0.6 is 11.6 Å². The van der Waals surface area contributed by atoms with E-state index in [0.29, 0.717) is 12.9 Å². The van der Waals surface area contributed by atoms with Crippen LogP contribution < -0.4 is 0 Å². The Kier molecular flexibility index (Phi) is 5.47. The molecule has 5 heteroatoms. The number of alkyl halides is 1. The van der Waals surface area contributed by atoms with E-state index in [0.717, 1.165) is 33.3 Å². The highest BCUT2D eigenvalue weighted by molar-refractivity contribution is 6.22. The lowest BCUT2D eigenvalue weighted by atomic mass is 9.99. The van der Waals surface area contributed by atoms with Crippen LogP contribution in [-0.4, -0.2) is 27.9 Å². The molecule has 0 amide bonds. The second-order valence-electron chi connectivity index (χ2n) is 6.99. The van der Waals surface area contributed by atoms with E-state index in [4.69, 9.17) is 21.3 Å². The van der Waals surface area contributed by atoms with Crippen molar-refractivity contribution in [2.75, 3.05) is 0 Å². The number of aliphatic hydroxyl groups excluding tert-OH is 1. The van der Waals surface area contributed by atoms with Gasteiger partial charge in [-0.05, 0) is 42.3 Å². The smallest absolute Gasteiger partial charge is 0.153 e. The number of allylic oxidation sites excluding steroid dienone is 1. The van der Waals surface area contributed by atoms with E-state index in [2.05, 4.69) is 6.07 Å². The molecule has 1 N–H and O–H groups in total. The van der Waals surface area contributed by atoms with Crippen molar-refractivity contribution in [3.05, 3.63) is 89.2 Å². The number of rotatable bonds is 5. The molecule has 0 spiro atoms. The van der Waals surface area contributed by atoms with E-state index >= 15 is 0 Å². The number of aromatic nitrogens is 1. The topological polar surface area (TPSA) is 59.4 Å². The third-order valence-electron chi connectivity index (χ3n) is 5.15. The summed E-state index contributed by atoms with van der Waals surface area (Å²) in [5.41, 5.74) is 5.19. The van der Waals surface area contributed by atoms with Crippen molar-refractivity contribution < 1.29 is 14.6 Å². The van der Waals surface area contributed by atoms with Crippen LogP contribution in [0.4, 0.5) is 0 Å². The first-order valence-electron chi connectivity index (χ1n) is 9.35. The maximum absolute atomic E-state index is 10.9. The summed E-state index contributed by atoms with van der Waals surface area (Å²) < 4.78 is 5.94. The molecule has 29 heavy (non-hydrogen) atoms. The number of hydrogen-bond acceptors (Lipinski definition) is 4. The number of carbonyl (C=O) groups excluding carboxylic acids is 1. The van der Waals surface area contributed by atoms with Crippen molar-refractivity contribution in [1.82, 2.24) is 4.98 Å². The van der Waals surface area contributed by atoms with E-state index in [1.165, 1.54) is 12.2 Å². The predicted octanol–water partition coefficient (Wildman–Crippen LogP) is 5.28. The van der Waals surface area contributed by atoms with Crippen LogP contribution in [-0.2, 0) is 16.1 Å². The number of pyridine rings is 1. The maximum Gasteiger partial charge on any atom is 0.153 e. The van der Waals surface area contributed by atoms with Crippen LogP contribution in [0, 0.1) is 6.92 Å². The summed E-state index contributed by atoms with van der Waals surface area (Å²) in [5.74, 6) is -0.104. The first-order valence-corrected chi connectivity index (χ1v) is 9.79. The summed E-state index contributed by atoms with van der Waals surface area (Å²) in [6.45, 7) is 2.37. The second-order valence-corrected chi connectivity index (χ2v) is 7.49. The molecule has 0 bridgehead atoms. The molecule has 3 aromatic rings. The minimum absolute atomic E-state index is 0.104.